The molecule has 10 heavy (non-hydrogen) atoms. The molecule has 0 aliphatic heterocycles. The molecule has 0 amide bonds. The average Bonchev–Trinajstić information content (AvgIpc) is 1.91. The van der Waals surface area contributed by atoms with Crippen LogP contribution in [0.5, 0.6) is 5.75 Å². The Balaban J connectivity index is 0.000000810. The van der Waals surface area contributed by atoms with Crippen LogP contribution in [0.4, 0.5) is 0 Å². The van der Waals surface area contributed by atoms with E-state index in [1.807, 2.05) is 6.07 Å². The van der Waals surface area contributed by atoms with Gasteiger partial charge >= 0.3 is 18.9 Å². The maximum Gasteiger partial charge on any atom is 1.00 e. The minimum absolute atomic E-state index is 0. The van der Waals surface area contributed by atoms with Crippen LogP contribution >= 0.6 is 0 Å². The van der Waals surface area contributed by atoms with Crippen LogP contribution < -0.4 is 23.6 Å². The second-order valence-corrected chi connectivity index (χ2v) is 1.50. The molecule has 2 nitrogen and oxygen atoms in total. The largest absolute Gasteiger partial charge is 1.00 e. The molecule has 0 saturated carbocycles. The van der Waals surface area contributed by atoms with Crippen LogP contribution in [0.15, 0.2) is 30.3 Å². The molecule has 1 aromatic carbocycles. The minimum Gasteiger partial charge on any atom is -0.610 e. The fraction of sp³-hybridized carbons (Fsp3) is 0. The number of ether oxygens (including phenoxy) is 1. The Labute approximate surface area is 71.4 Å². The van der Waals surface area contributed by atoms with E-state index >= 15 is 0 Å². The van der Waals surface area contributed by atoms with Crippen molar-refractivity contribution in [3.8, 4) is 5.75 Å². The topological polar surface area (TPSA) is 26.3 Å². The molecule has 0 unspecified atom stereocenters. The van der Waals surface area contributed by atoms with Crippen molar-refractivity contribution in [1.82, 2.24) is 0 Å². The third-order valence-corrected chi connectivity index (χ3v) is 0.903. The van der Waals surface area contributed by atoms with Gasteiger partial charge in [-0.3, -0.25) is 0 Å². The van der Waals surface area contributed by atoms with Crippen LogP contribution in [0.3, 0.4) is 0 Å². The van der Waals surface area contributed by atoms with Crippen LogP contribution in [0.2, 0.25) is 0 Å². The van der Waals surface area contributed by atoms with Crippen LogP contribution in [-0.2, 0) is 4.79 Å². The maximum atomic E-state index is 9.63. The van der Waals surface area contributed by atoms with Gasteiger partial charge in [0.2, 0.25) is 0 Å². The summed E-state index contributed by atoms with van der Waals surface area (Å²) in [7, 11) is 0. The molecule has 0 radical (unpaired) electrons. The molecule has 46 valence electrons. The smallest absolute Gasteiger partial charge is 0.610 e. The van der Waals surface area contributed by atoms with Gasteiger partial charge in [-0.05, 0) is 5.75 Å². The molecule has 3 heteroatoms. The summed E-state index contributed by atoms with van der Waals surface area (Å²) in [4.78, 5) is 9.63. The maximum absolute atomic E-state index is 9.63. The van der Waals surface area contributed by atoms with Gasteiger partial charge in [-0.15, -0.1) is 12.1 Å². The normalized spacial score (nSPS) is 7.60. The van der Waals surface area contributed by atoms with Crippen molar-refractivity contribution in [2.24, 2.45) is 0 Å². The zero-order chi connectivity index (χ0) is 6.53. The first kappa shape index (κ1) is 9.29. The number of benzene rings is 1. The molecule has 0 atom stereocenters. The van der Waals surface area contributed by atoms with Crippen LogP contribution in [0, 0.1) is 0 Å². The molecule has 1 rings (SSSR count). The van der Waals surface area contributed by atoms with E-state index in [4.69, 9.17) is 0 Å². The Bertz CT molecular complexity index is 186. The quantitative estimate of drug-likeness (QED) is 0.345. The van der Waals surface area contributed by atoms with E-state index in [-0.39, 0.29) is 18.9 Å². The minimum atomic E-state index is 0. The van der Waals surface area contributed by atoms with Crippen molar-refractivity contribution >= 4 is 6.47 Å². The molecule has 0 heterocycles. The van der Waals surface area contributed by atoms with Gasteiger partial charge in [-0.25, -0.2) is 0 Å². The average molecular weight is 128 g/mol. The third kappa shape index (κ3) is 2.72. The first-order valence-electron chi connectivity index (χ1n) is 2.52. The zero-order valence-electron chi connectivity index (χ0n) is 5.70. The fourth-order valence-corrected chi connectivity index (χ4v) is 0.537. The first-order valence-corrected chi connectivity index (χ1v) is 2.52. The third-order valence-electron chi connectivity index (χ3n) is 0.903. The number of rotatable bonds is 2. The van der Waals surface area contributed by atoms with Gasteiger partial charge in [0, 0.05) is 0 Å². The van der Waals surface area contributed by atoms with E-state index in [9.17, 15) is 4.79 Å². The molecule has 0 bridgehead atoms. The van der Waals surface area contributed by atoms with Gasteiger partial charge in [-0.2, -0.15) is 0 Å². The number of para-hydroxylation sites is 1. The molecule has 1 aromatic rings. The summed E-state index contributed by atoms with van der Waals surface area (Å²) in [5, 5.41) is 0. The second kappa shape index (κ2) is 5.10. The summed E-state index contributed by atoms with van der Waals surface area (Å²) in [5.74, 6) is 0.521. The van der Waals surface area contributed by atoms with E-state index in [0.29, 0.717) is 5.75 Å². The number of carbonyl (C=O) groups excluding carboxylic acids is 1. The van der Waals surface area contributed by atoms with Gasteiger partial charge < -0.3 is 9.53 Å². The van der Waals surface area contributed by atoms with Crippen molar-refractivity contribution in [1.29, 1.82) is 0 Å². The molecule has 0 aromatic heterocycles. The second-order valence-electron chi connectivity index (χ2n) is 1.50. The summed E-state index contributed by atoms with van der Waals surface area (Å²) in [6, 6.07) is 8.78. The Hall–Kier alpha value is -0.713. The predicted molar refractivity (Wildman–Crippen MR) is 32.8 cm³/mol. The summed E-state index contributed by atoms with van der Waals surface area (Å²) >= 11 is 0. The SMILES string of the molecule is O=[C-]Oc1ccccc1.[Li+]. The molecule has 0 saturated heterocycles. The van der Waals surface area contributed by atoms with Crippen molar-refractivity contribution in [3.05, 3.63) is 30.3 Å². The van der Waals surface area contributed by atoms with E-state index < -0.39 is 0 Å². The summed E-state index contributed by atoms with van der Waals surface area (Å²) < 4.78 is 4.40. The van der Waals surface area contributed by atoms with E-state index in [2.05, 4.69) is 4.74 Å². The van der Waals surface area contributed by atoms with Gasteiger partial charge in [0.15, 0.2) is 6.47 Å². The van der Waals surface area contributed by atoms with Gasteiger partial charge in [0.05, 0.1) is 0 Å². The number of hydrogen-bond acceptors (Lipinski definition) is 2. The van der Waals surface area contributed by atoms with Crippen LogP contribution in [0.25, 0.3) is 0 Å². The van der Waals surface area contributed by atoms with E-state index in [1.54, 1.807) is 24.3 Å². The summed E-state index contributed by atoms with van der Waals surface area (Å²) in [6.07, 6.45) is 0. The first-order chi connectivity index (χ1) is 4.43. The van der Waals surface area contributed by atoms with E-state index in [1.165, 1.54) is 6.47 Å². The van der Waals surface area contributed by atoms with Gasteiger partial charge in [0.1, 0.15) is 0 Å². The summed E-state index contributed by atoms with van der Waals surface area (Å²) in [5.41, 5.74) is 0. The Morgan fingerprint density at radius 1 is 1.20 bits per heavy atom. The molecule has 0 N–H and O–H groups in total. The zero-order valence-corrected chi connectivity index (χ0v) is 5.70. The van der Waals surface area contributed by atoms with Crippen molar-refractivity contribution in [3.63, 3.8) is 0 Å². The molecular weight excluding hydrogens is 123 g/mol. The van der Waals surface area contributed by atoms with Crippen molar-refractivity contribution < 1.29 is 28.4 Å². The van der Waals surface area contributed by atoms with Crippen LogP contribution in [-0.4, -0.2) is 6.47 Å². The molecule has 0 aliphatic rings. The van der Waals surface area contributed by atoms with E-state index in [0.717, 1.165) is 0 Å². The summed E-state index contributed by atoms with van der Waals surface area (Å²) in [6.45, 7) is 1.33. The standard InChI is InChI=1S/C7H5O2.Li/c8-6-9-7-4-2-1-3-5-7;/h1-5H;/q-1;+1. The van der Waals surface area contributed by atoms with Gasteiger partial charge in [-0.1, -0.05) is 18.2 Å². The van der Waals surface area contributed by atoms with Gasteiger partial charge in [0.25, 0.3) is 0 Å². The Kier molecular flexibility index (Phi) is 4.74. The Morgan fingerprint density at radius 3 is 2.30 bits per heavy atom. The van der Waals surface area contributed by atoms with Crippen molar-refractivity contribution in [2.45, 2.75) is 0 Å². The molecule has 0 aliphatic carbocycles. The monoisotopic (exact) mass is 128 g/mol. The molecular formula is C7H5LiO2. The Morgan fingerprint density at radius 2 is 1.80 bits per heavy atom. The number of hydrogen-bond donors (Lipinski definition) is 0. The predicted octanol–water partition coefficient (Wildman–Crippen LogP) is -1.86. The molecule has 0 spiro atoms. The fourth-order valence-electron chi connectivity index (χ4n) is 0.537. The van der Waals surface area contributed by atoms with Crippen LogP contribution in [0.1, 0.15) is 0 Å². The molecule has 0 fully saturated rings. The van der Waals surface area contributed by atoms with Crippen molar-refractivity contribution in [2.75, 3.05) is 0 Å².